The molecule has 2 heterocycles. The maximum Gasteiger partial charge on any atom is 0.326 e. The first-order valence-electron chi connectivity index (χ1n) is 8.58. The van der Waals surface area contributed by atoms with Crippen molar-refractivity contribution in [2.24, 2.45) is 0 Å². The van der Waals surface area contributed by atoms with E-state index in [0.29, 0.717) is 13.0 Å². The molecule has 2 unspecified atom stereocenters. The Morgan fingerprint density at radius 1 is 1.26 bits per heavy atom. The zero-order valence-electron chi connectivity index (χ0n) is 13.7. The van der Waals surface area contributed by atoms with E-state index in [9.17, 15) is 9.00 Å². The molecule has 1 aromatic rings. The van der Waals surface area contributed by atoms with Gasteiger partial charge in [0.2, 0.25) is 0 Å². The van der Waals surface area contributed by atoms with Crippen molar-refractivity contribution < 1.29 is 13.7 Å². The maximum absolute atomic E-state index is 13.5. The first-order valence-corrected chi connectivity index (χ1v) is 9.73. The van der Waals surface area contributed by atoms with E-state index in [0.717, 1.165) is 43.7 Å². The molecule has 0 radical (unpaired) electrons. The fraction of sp³-hybridized carbons (Fsp3) is 0.611. The van der Waals surface area contributed by atoms with E-state index in [-0.39, 0.29) is 12.0 Å². The summed E-state index contributed by atoms with van der Waals surface area (Å²) >= 11 is 0. The molecule has 0 bridgehead atoms. The molecular weight excluding hydrogens is 310 g/mol. The Balaban J connectivity index is 2.03. The number of carbonyl (C=O) groups is 1. The number of piperidine rings is 2. The van der Waals surface area contributed by atoms with E-state index < -0.39 is 15.5 Å². The fourth-order valence-corrected chi connectivity index (χ4v) is 5.91. The molecule has 0 spiro atoms. The van der Waals surface area contributed by atoms with E-state index in [4.69, 9.17) is 4.74 Å². The van der Waals surface area contributed by atoms with Crippen LogP contribution in [0.2, 0.25) is 0 Å². The lowest BCUT2D eigenvalue weighted by Crippen LogP contribution is -2.64. The van der Waals surface area contributed by atoms with Crippen LogP contribution in [-0.2, 0) is 20.3 Å². The summed E-state index contributed by atoms with van der Waals surface area (Å²) in [6.07, 6.45) is 4.72. The molecule has 3 atom stereocenters. The third-order valence-electron chi connectivity index (χ3n) is 5.05. The van der Waals surface area contributed by atoms with Gasteiger partial charge >= 0.3 is 5.97 Å². The highest BCUT2D eigenvalue weighted by Gasteiger charge is 2.56. The minimum atomic E-state index is -1.39. The minimum absolute atomic E-state index is 0.0325. The Labute approximate surface area is 140 Å². The Hall–Kier alpha value is -1.20. The highest BCUT2D eigenvalue weighted by Crippen LogP contribution is 2.41. The van der Waals surface area contributed by atoms with Gasteiger partial charge < -0.3 is 4.74 Å². The predicted octanol–water partition coefficient (Wildman–Crippen LogP) is 2.74. The number of benzene rings is 1. The summed E-state index contributed by atoms with van der Waals surface area (Å²) in [5.74, 6) is -0.279. The molecule has 1 aromatic carbocycles. The summed E-state index contributed by atoms with van der Waals surface area (Å²) in [6.45, 7) is 4.15. The second kappa shape index (κ2) is 7.14. The first kappa shape index (κ1) is 16.7. The van der Waals surface area contributed by atoms with Crippen molar-refractivity contribution in [1.29, 1.82) is 0 Å². The quantitative estimate of drug-likeness (QED) is 0.794. The minimum Gasteiger partial charge on any atom is -0.465 e. The van der Waals surface area contributed by atoms with Gasteiger partial charge in [0, 0.05) is 10.9 Å². The molecule has 0 saturated carbocycles. The zero-order chi connectivity index (χ0) is 16.3. The standard InChI is InChI=1S/C18H25NO3S/c1-2-22-17(20)18(23(21)15-9-4-3-5-10-15)12-8-14-19-13-7-6-11-16(18)19/h3-5,9-10,16H,2,6-8,11-14H2,1H3/t16-,18?,23?/m1/s1. The molecule has 2 fully saturated rings. The summed E-state index contributed by atoms with van der Waals surface area (Å²) in [6, 6.07) is 9.43. The molecular formula is C18H25NO3S. The lowest BCUT2D eigenvalue weighted by atomic mass is 9.82. The van der Waals surface area contributed by atoms with E-state index in [2.05, 4.69) is 4.90 Å². The molecule has 3 rings (SSSR count). The van der Waals surface area contributed by atoms with Crippen LogP contribution in [0.15, 0.2) is 35.2 Å². The molecule has 2 saturated heterocycles. The van der Waals surface area contributed by atoms with Crippen molar-refractivity contribution in [3.8, 4) is 0 Å². The lowest BCUT2D eigenvalue weighted by molar-refractivity contribution is -0.150. The number of carbonyl (C=O) groups excluding carboxylic acids is 1. The van der Waals surface area contributed by atoms with Crippen molar-refractivity contribution in [3.05, 3.63) is 30.3 Å². The highest BCUT2D eigenvalue weighted by molar-refractivity contribution is 7.87. The number of hydrogen-bond acceptors (Lipinski definition) is 4. The number of rotatable bonds is 4. The van der Waals surface area contributed by atoms with E-state index in [1.165, 1.54) is 0 Å². The van der Waals surface area contributed by atoms with Gasteiger partial charge in [0.25, 0.3) is 0 Å². The second-order valence-electron chi connectivity index (χ2n) is 6.34. The number of hydrogen-bond donors (Lipinski definition) is 0. The van der Waals surface area contributed by atoms with Crippen LogP contribution in [0.25, 0.3) is 0 Å². The lowest BCUT2D eigenvalue weighted by Gasteiger charge is -2.49. The Morgan fingerprint density at radius 2 is 2.00 bits per heavy atom. The largest absolute Gasteiger partial charge is 0.465 e. The SMILES string of the molecule is CCOC(=O)C1(S(=O)c2ccccc2)CCCN2CCCC[C@@H]21. The fourth-order valence-electron chi connectivity index (χ4n) is 4.04. The van der Waals surface area contributed by atoms with Crippen LogP contribution in [-0.4, -0.2) is 45.6 Å². The summed E-state index contributed by atoms with van der Waals surface area (Å²) in [4.78, 5) is 16.0. The van der Waals surface area contributed by atoms with Crippen LogP contribution in [0.4, 0.5) is 0 Å². The van der Waals surface area contributed by atoms with Crippen molar-refractivity contribution >= 4 is 16.8 Å². The van der Waals surface area contributed by atoms with Crippen LogP contribution >= 0.6 is 0 Å². The Bertz CT molecular complexity index is 575. The number of ether oxygens (including phenoxy) is 1. The van der Waals surface area contributed by atoms with Crippen molar-refractivity contribution in [1.82, 2.24) is 4.90 Å². The Morgan fingerprint density at radius 3 is 2.74 bits per heavy atom. The summed E-state index contributed by atoms with van der Waals surface area (Å²) in [5.41, 5.74) is 0. The van der Waals surface area contributed by atoms with Gasteiger partial charge in [0.05, 0.1) is 17.4 Å². The third kappa shape index (κ3) is 2.96. The summed E-state index contributed by atoms with van der Waals surface area (Å²) < 4.78 is 18.0. The van der Waals surface area contributed by atoms with Crippen LogP contribution in [0, 0.1) is 0 Å². The predicted molar refractivity (Wildman–Crippen MR) is 90.7 cm³/mol. The van der Waals surface area contributed by atoms with E-state index in [1.807, 2.05) is 37.3 Å². The molecule has 126 valence electrons. The molecule has 0 aromatic heterocycles. The molecule has 4 nitrogen and oxygen atoms in total. The van der Waals surface area contributed by atoms with E-state index in [1.54, 1.807) is 0 Å². The van der Waals surface area contributed by atoms with Gasteiger partial charge in [-0.05, 0) is 57.8 Å². The van der Waals surface area contributed by atoms with Gasteiger partial charge in [-0.15, -0.1) is 0 Å². The van der Waals surface area contributed by atoms with Crippen LogP contribution in [0.3, 0.4) is 0 Å². The highest BCUT2D eigenvalue weighted by atomic mass is 32.2. The van der Waals surface area contributed by atoms with E-state index >= 15 is 0 Å². The topological polar surface area (TPSA) is 46.6 Å². The van der Waals surface area contributed by atoms with Crippen molar-refractivity contribution in [2.45, 2.75) is 54.7 Å². The third-order valence-corrected chi connectivity index (χ3v) is 7.06. The monoisotopic (exact) mass is 335 g/mol. The average molecular weight is 335 g/mol. The number of fused-ring (bicyclic) bond motifs is 1. The number of esters is 1. The first-order chi connectivity index (χ1) is 11.2. The smallest absolute Gasteiger partial charge is 0.326 e. The summed E-state index contributed by atoms with van der Waals surface area (Å²) in [7, 11) is -1.39. The van der Waals surface area contributed by atoms with Gasteiger partial charge in [0.1, 0.15) is 0 Å². The van der Waals surface area contributed by atoms with Crippen molar-refractivity contribution in [3.63, 3.8) is 0 Å². The molecule has 0 aliphatic carbocycles. The van der Waals surface area contributed by atoms with Crippen LogP contribution in [0.1, 0.15) is 39.0 Å². The molecule has 5 heteroatoms. The van der Waals surface area contributed by atoms with Gasteiger partial charge in [-0.2, -0.15) is 0 Å². The van der Waals surface area contributed by atoms with Crippen molar-refractivity contribution in [2.75, 3.05) is 19.7 Å². The van der Waals surface area contributed by atoms with Gasteiger partial charge in [-0.1, -0.05) is 24.6 Å². The summed E-state index contributed by atoms with van der Waals surface area (Å²) in [5, 5.41) is 0. The second-order valence-corrected chi connectivity index (χ2v) is 8.08. The molecule has 0 N–H and O–H groups in total. The molecule has 23 heavy (non-hydrogen) atoms. The van der Waals surface area contributed by atoms with Gasteiger partial charge in [0.15, 0.2) is 4.75 Å². The maximum atomic E-state index is 13.5. The Kier molecular flexibility index (Phi) is 5.17. The molecule has 2 aliphatic heterocycles. The van der Waals surface area contributed by atoms with Gasteiger partial charge in [-0.25, -0.2) is 0 Å². The molecule has 0 amide bonds. The normalized spacial score (nSPS) is 29.5. The van der Waals surface area contributed by atoms with Gasteiger partial charge in [-0.3, -0.25) is 13.9 Å². The average Bonchev–Trinajstić information content (AvgIpc) is 2.61. The zero-order valence-corrected chi connectivity index (χ0v) is 14.5. The van der Waals surface area contributed by atoms with Crippen LogP contribution < -0.4 is 0 Å². The molecule has 2 aliphatic rings. The van der Waals surface area contributed by atoms with Crippen LogP contribution in [0.5, 0.6) is 0 Å². The number of nitrogens with zero attached hydrogens (tertiary/aromatic N) is 1.